The van der Waals surface area contributed by atoms with Crippen LogP contribution >= 0.6 is 12.4 Å². The third-order valence-corrected chi connectivity index (χ3v) is 5.14. The highest BCUT2D eigenvalue weighted by molar-refractivity contribution is 5.85. The second-order valence-corrected chi connectivity index (χ2v) is 8.23. The first-order chi connectivity index (χ1) is 16.0. The van der Waals surface area contributed by atoms with E-state index in [1.54, 1.807) is 26.4 Å². The van der Waals surface area contributed by atoms with Crippen LogP contribution in [0.4, 0.5) is 4.39 Å². The lowest BCUT2D eigenvalue weighted by molar-refractivity contribution is 0.271. The molecule has 0 unspecified atom stereocenters. The van der Waals surface area contributed by atoms with E-state index in [4.69, 9.17) is 14.2 Å². The molecule has 1 N–H and O–H groups in total. The Kier molecular flexibility index (Phi) is 10.9. The summed E-state index contributed by atoms with van der Waals surface area (Å²) in [4.78, 5) is 0. The summed E-state index contributed by atoms with van der Waals surface area (Å²) in [5.41, 5.74) is 4.10. The van der Waals surface area contributed by atoms with Gasteiger partial charge in [-0.3, -0.25) is 0 Å². The van der Waals surface area contributed by atoms with Crippen molar-refractivity contribution >= 4 is 24.6 Å². The van der Waals surface area contributed by atoms with Crippen LogP contribution in [0.2, 0.25) is 0 Å². The number of rotatable bonds is 11. The highest BCUT2D eigenvalue weighted by Crippen LogP contribution is 2.30. The lowest BCUT2D eigenvalue weighted by Crippen LogP contribution is -2.14. The number of benzene rings is 3. The summed E-state index contributed by atoms with van der Waals surface area (Å²) in [7, 11) is 3.30. The van der Waals surface area contributed by atoms with Crippen LogP contribution in [0.25, 0.3) is 12.2 Å². The molecule has 3 aromatic carbocycles. The van der Waals surface area contributed by atoms with Crippen molar-refractivity contribution in [3.8, 4) is 17.2 Å². The van der Waals surface area contributed by atoms with Crippen molar-refractivity contribution in [2.24, 2.45) is 5.92 Å². The van der Waals surface area contributed by atoms with Gasteiger partial charge in [-0.15, -0.1) is 12.4 Å². The van der Waals surface area contributed by atoms with Crippen LogP contribution in [0.1, 0.15) is 36.1 Å². The van der Waals surface area contributed by atoms with Crippen LogP contribution in [0.5, 0.6) is 17.2 Å². The van der Waals surface area contributed by atoms with Crippen LogP contribution < -0.4 is 19.5 Å². The Bertz CT molecular complexity index is 1050. The lowest BCUT2D eigenvalue weighted by atomic mass is 10.0. The van der Waals surface area contributed by atoms with Crippen molar-refractivity contribution in [3.63, 3.8) is 0 Å². The molecule has 0 amide bonds. The molecule has 0 heterocycles. The maximum absolute atomic E-state index is 13.2. The van der Waals surface area contributed by atoms with E-state index in [1.165, 1.54) is 12.1 Å². The molecule has 0 fully saturated rings. The summed E-state index contributed by atoms with van der Waals surface area (Å²) in [6.45, 7) is 6.17. The smallest absolute Gasteiger partial charge is 0.127 e. The zero-order chi connectivity index (χ0) is 23.6. The highest BCUT2D eigenvalue weighted by atomic mass is 35.5. The van der Waals surface area contributed by atoms with Gasteiger partial charge in [-0.25, -0.2) is 4.39 Å². The Morgan fingerprint density at radius 3 is 2.18 bits per heavy atom. The van der Waals surface area contributed by atoms with Crippen molar-refractivity contribution in [1.29, 1.82) is 0 Å². The molecule has 0 radical (unpaired) electrons. The molecule has 6 heteroatoms. The topological polar surface area (TPSA) is 39.7 Å². The molecule has 4 nitrogen and oxygen atoms in total. The maximum Gasteiger partial charge on any atom is 0.127 e. The molecule has 3 rings (SSSR count). The van der Waals surface area contributed by atoms with Gasteiger partial charge in [0.25, 0.3) is 0 Å². The molecule has 0 saturated carbocycles. The van der Waals surface area contributed by atoms with E-state index in [0.717, 1.165) is 39.5 Å². The average Bonchev–Trinajstić information content (AvgIpc) is 2.83. The zero-order valence-corrected chi connectivity index (χ0v) is 21.0. The van der Waals surface area contributed by atoms with Crippen molar-refractivity contribution < 1.29 is 18.6 Å². The van der Waals surface area contributed by atoms with E-state index >= 15 is 0 Å². The lowest BCUT2D eigenvalue weighted by Gasteiger charge is -2.15. The van der Waals surface area contributed by atoms with Gasteiger partial charge in [0.1, 0.15) is 23.1 Å². The molecule has 182 valence electrons. The molecule has 3 aromatic rings. The summed E-state index contributed by atoms with van der Waals surface area (Å²) < 4.78 is 30.0. The molecular weight excluding hydrogens is 453 g/mol. The minimum atomic E-state index is -0.234. The van der Waals surface area contributed by atoms with Crippen molar-refractivity contribution in [1.82, 2.24) is 5.32 Å². The van der Waals surface area contributed by atoms with Crippen LogP contribution in [0, 0.1) is 11.7 Å². The molecule has 0 bridgehead atoms. The number of halogens is 2. The summed E-state index contributed by atoms with van der Waals surface area (Å²) in [5.74, 6) is 2.60. The Hall–Kier alpha value is -3.02. The first-order valence-electron chi connectivity index (χ1n) is 11.1. The van der Waals surface area contributed by atoms with Crippen molar-refractivity contribution in [3.05, 3.63) is 88.7 Å². The average molecular weight is 486 g/mol. The molecular formula is C28H33ClFNO3. The fraction of sp³-hybridized carbons (Fsp3) is 0.286. The fourth-order valence-corrected chi connectivity index (χ4v) is 3.34. The fourth-order valence-electron chi connectivity index (χ4n) is 3.34. The molecule has 0 saturated heterocycles. The number of methoxy groups -OCH3 is 2. The maximum atomic E-state index is 13.2. The first kappa shape index (κ1) is 27.2. The largest absolute Gasteiger partial charge is 0.497 e. The van der Waals surface area contributed by atoms with Gasteiger partial charge in [-0.2, -0.15) is 0 Å². The van der Waals surface area contributed by atoms with Crippen molar-refractivity contribution in [2.45, 2.75) is 26.9 Å². The Morgan fingerprint density at radius 2 is 1.56 bits per heavy atom. The number of hydrogen-bond donors (Lipinski definition) is 1. The highest BCUT2D eigenvalue weighted by Gasteiger charge is 2.11. The van der Waals surface area contributed by atoms with Crippen LogP contribution in [0.15, 0.2) is 60.7 Å². The Labute approximate surface area is 208 Å². The second kappa shape index (κ2) is 13.6. The minimum Gasteiger partial charge on any atom is -0.497 e. The summed E-state index contributed by atoms with van der Waals surface area (Å²) in [6.07, 6.45) is 4.12. The number of ether oxygens (including phenoxy) is 3. The molecule has 0 spiro atoms. The van der Waals surface area contributed by atoms with Gasteiger partial charge in [-0.1, -0.05) is 50.3 Å². The molecule has 0 aromatic heterocycles. The Morgan fingerprint density at radius 1 is 0.853 bits per heavy atom. The van der Waals surface area contributed by atoms with E-state index < -0.39 is 0 Å². The first-order valence-corrected chi connectivity index (χ1v) is 11.1. The predicted molar refractivity (Wildman–Crippen MR) is 139 cm³/mol. The van der Waals surface area contributed by atoms with Gasteiger partial charge >= 0.3 is 0 Å². The third kappa shape index (κ3) is 8.08. The normalized spacial score (nSPS) is 10.9. The third-order valence-electron chi connectivity index (χ3n) is 5.14. The van der Waals surface area contributed by atoms with E-state index in [9.17, 15) is 4.39 Å². The zero-order valence-electron chi connectivity index (χ0n) is 20.1. The molecule has 0 atom stereocenters. The van der Waals surface area contributed by atoms with Gasteiger partial charge in [0.2, 0.25) is 0 Å². The van der Waals surface area contributed by atoms with E-state index in [2.05, 4.69) is 31.3 Å². The van der Waals surface area contributed by atoms with Crippen LogP contribution in [-0.2, 0) is 13.1 Å². The minimum absolute atomic E-state index is 0. The van der Waals surface area contributed by atoms with E-state index in [0.29, 0.717) is 25.6 Å². The molecule has 0 aliphatic carbocycles. The molecule has 34 heavy (non-hydrogen) atoms. The predicted octanol–water partition coefficient (Wildman–Crippen LogP) is 6.76. The van der Waals surface area contributed by atoms with Gasteiger partial charge in [-0.05, 0) is 52.9 Å². The summed E-state index contributed by atoms with van der Waals surface area (Å²) in [5, 5.41) is 3.43. The Balaban J connectivity index is 0.00000408. The monoisotopic (exact) mass is 485 g/mol. The summed E-state index contributed by atoms with van der Waals surface area (Å²) >= 11 is 0. The van der Waals surface area contributed by atoms with Crippen LogP contribution in [0.3, 0.4) is 0 Å². The number of hydrogen-bond acceptors (Lipinski definition) is 4. The molecule has 0 aliphatic heterocycles. The van der Waals surface area contributed by atoms with E-state index in [-0.39, 0.29) is 18.2 Å². The summed E-state index contributed by atoms with van der Waals surface area (Å²) in [6, 6.07) is 18.4. The van der Waals surface area contributed by atoms with Gasteiger partial charge < -0.3 is 19.5 Å². The second-order valence-electron chi connectivity index (χ2n) is 8.23. The molecule has 0 aliphatic rings. The van der Waals surface area contributed by atoms with Crippen LogP contribution in [-0.4, -0.2) is 20.8 Å². The SMILES string of the molecule is COc1cc(/C=C/c2ccc(OCC(C)C)cc2)c(CNCc2ccc(F)cc2)c(OC)c1.Cl. The van der Waals surface area contributed by atoms with Crippen molar-refractivity contribution in [2.75, 3.05) is 20.8 Å². The number of nitrogens with one attached hydrogen (secondary N) is 1. The van der Waals surface area contributed by atoms with Gasteiger partial charge in [0, 0.05) is 24.7 Å². The van der Waals surface area contributed by atoms with E-state index in [1.807, 2.05) is 36.4 Å². The standard InChI is InChI=1S/C28H32FNO3.ClH/c1-20(2)19-33-25-13-8-21(9-14-25)5-10-23-15-26(31-3)16-28(32-4)27(23)18-30-17-22-6-11-24(29)12-7-22;/h5-16,20,30H,17-19H2,1-4H3;1H/b10-5+;. The van der Waals surface area contributed by atoms with Gasteiger partial charge in [0.05, 0.1) is 20.8 Å². The quantitative estimate of drug-likeness (QED) is 0.304. The van der Waals surface area contributed by atoms with Gasteiger partial charge in [0.15, 0.2) is 0 Å².